The lowest BCUT2D eigenvalue weighted by atomic mass is 10.2. The first kappa shape index (κ1) is 10.3. The molecule has 0 saturated carbocycles. The Morgan fingerprint density at radius 1 is 1.36 bits per heavy atom. The van der Waals surface area contributed by atoms with Crippen molar-refractivity contribution in [1.29, 1.82) is 0 Å². The lowest BCUT2D eigenvalue weighted by Gasteiger charge is -1.86. The molecule has 0 saturated heterocycles. The fraction of sp³-hybridized carbons (Fsp3) is 0. The van der Waals surface area contributed by atoms with Gasteiger partial charge in [0.1, 0.15) is 0 Å². The van der Waals surface area contributed by atoms with Gasteiger partial charge in [0.2, 0.25) is 0 Å². The van der Waals surface area contributed by atoms with Crippen LogP contribution in [0.1, 0.15) is 5.56 Å². The van der Waals surface area contributed by atoms with Crippen LogP contribution in [0.25, 0.3) is 4.85 Å². The monoisotopic (exact) mass is 205 g/mol. The third kappa shape index (κ3) is 2.94. The van der Waals surface area contributed by atoms with Gasteiger partial charge in [-0.05, 0) is 18.1 Å². The minimum Gasteiger partial charge on any atom is -0.221 e. The van der Waals surface area contributed by atoms with E-state index in [1.165, 1.54) is 0 Å². The zero-order chi connectivity index (χ0) is 10.4. The molecule has 1 rings (SSSR count). The molecule has 0 aromatic heterocycles. The molecule has 0 heterocycles. The Morgan fingerprint density at radius 3 is 2.57 bits per heavy atom. The summed E-state index contributed by atoms with van der Waals surface area (Å²) in [4.78, 5) is 2.72. The Bertz CT molecular complexity index is 446. The number of halogens is 2. The molecule has 0 aliphatic carbocycles. The van der Waals surface area contributed by atoms with Crippen LogP contribution >= 0.6 is 11.6 Å². The van der Waals surface area contributed by atoms with E-state index in [-0.39, 0.29) is 0 Å². The molecule has 0 fully saturated rings. The van der Waals surface area contributed by atoms with E-state index in [9.17, 15) is 4.39 Å². The van der Waals surface area contributed by atoms with E-state index < -0.39 is 11.0 Å². The summed E-state index contributed by atoms with van der Waals surface area (Å²) in [5, 5.41) is -0.534. The highest BCUT2D eigenvalue weighted by Gasteiger charge is 1.97. The summed E-state index contributed by atoms with van der Waals surface area (Å²) in [6.07, 6.45) is 0. The lowest BCUT2D eigenvalue weighted by molar-refractivity contribution is 0.673. The van der Waals surface area contributed by atoms with Crippen LogP contribution in [-0.4, -0.2) is 0 Å². The number of hydrogen-bond acceptors (Lipinski definition) is 0. The van der Waals surface area contributed by atoms with Crippen molar-refractivity contribution in [3.63, 3.8) is 0 Å². The Hall–Kier alpha value is -1.77. The van der Waals surface area contributed by atoms with Crippen LogP contribution in [0, 0.1) is 18.4 Å². The Morgan fingerprint density at radius 2 is 2.00 bits per heavy atom. The van der Waals surface area contributed by atoms with E-state index in [2.05, 4.69) is 16.7 Å². The summed E-state index contributed by atoms with van der Waals surface area (Å²) >= 11 is 5.23. The van der Waals surface area contributed by atoms with Crippen LogP contribution in [0.2, 0.25) is 0 Å². The number of rotatable bonds is 0. The minimum absolute atomic E-state index is 0.534. The topological polar surface area (TPSA) is 4.36 Å². The van der Waals surface area contributed by atoms with Gasteiger partial charge >= 0.3 is 0 Å². The number of allylic oxidation sites excluding steroid dienone is 1. The second kappa shape index (κ2) is 5.07. The molecule has 1 aromatic rings. The van der Waals surface area contributed by atoms with Gasteiger partial charge in [-0.2, -0.15) is 0 Å². The van der Waals surface area contributed by atoms with Crippen LogP contribution in [0.15, 0.2) is 41.3 Å². The molecule has 0 spiro atoms. The van der Waals surface area contributed by atoms with Crippen molar-refractivity contribution in [2.45, 2.75) is 0 Å². The van der Waals surface area contributed by atoms with E-state index in [0.29, 0.717) is 5.56 Å². The van der Waals surface area contributed by atoms with Gasteiger partial charge in [0.05, 0.1) is 6.57 Å². The molecule has 0 aliphatic heterocycles. The summed E-state index contributed by atoms with van der Waals surface area (Å²) in [5.41, 5.74) is 0.678. The van der Waals surface area contributed by atoms with Crippen molar-refractivity contribution in [3.8, 4) is 11.8 Å². The van der Waals surface area contributed by atoms with Gasteiger partial charge in [0.15, 0.2) is 5.83 Å². The molecule has 0 aliphatic rings. The van der Waals surface area contributed by atoms with Gasteiger partial charge in [-0.1, -0.05) is 24.1 Å². The SMILES string of the molecule is [C-]#[N+]/C(Cl)=C(/F)C#Cc1ccccc1. The third-order valence-electron chi connectivity index (χ3n) is 1.37. The van der Waals surface area contributed by atoms with Gasteiger partial charge in [-0.15, -0.1) is 11.6 Å². The maximum atomic E-state index is 12.8. The summed E-state index contributed by atoms with van der Waals surface area (Å²) < 4.78 is 12.8. The van der Waals surface area contributed by atoms with E-state index in [4.69, 9.17) is 18.2 Å². The van der Waals surface area contributed by atoms with E-state index in [1.807, 2.05) is 6.07 Å². The van der Waals surface area contributed by atoms with Gasteiger partial charge in [0.25, 0.3) is 5.16 Å². The number of benzene rings is 1. The van der Waals surface area contributed by atoms with Crippen molar-refractivity contribution >= 4 is 11.6 Å². The average Bonchev–Trinajstić information content (AvgIpc) is 2.26. The number of hydrogen-bond donors (Lipinski definition) is 0. The fourth-order valence-corrected chi connectivity index (χ4v) is 0.796. The molecule has 3 heteroatoms. The van der Waals surface area contributed by atoms with Crippen molar-refractivity contribution < 1.29 is 4.39 Å². The summed E-state index contributed by atoms with van der Waals surface area (Å²) in [5.74, 6) is 3.82. The molecule has 1 aromatic carbocycles. The Labute approximate surface area is 86.6 Å². The van der Waals surface area contributed by atoms with Gasteiger partial charge in [0, 0.05) is 5.56 Å². The predicted octanol–water partition coefficient (Wildman–Crippen LogP) is 3.33. The van der Waals surface area contributed by atoms with Gasteiger partial charge < -0.3 is 0 Å². The normalized spacial score (nSPS) is 10.6. The predicted molar refractivity (Wildman–Crippen MR) is 53.9 cm³/mol. The second-order valence-corrected chi connectivity index (χ2v) is 2.69. The molecule has 0 bridgehead atoms. The zero-order valence-electron chi connectivity index (χ0n) is 7.09. The van der Waals surface area contributed by atoms with E-state index in [0.717, 1.165) is 0 Å². The van der Waals surface area contributed by atoms with Gasteiger partial charge in [-0.3, -0.25) is 0 Å². The van der Waals surface area contributed by atoms with E-state index >= 15 is 0 Å². The van der Waals surface area contributed by atoms with E-state index in [1.54, 1.807) is 24.3 Å². The van der Waals surface area contributed by atoms with Crippen molar-refractivity contribution in [2.75, 3.05) is 0 Å². The quantitative estimate of drug-likeness (QED) is 0.348. The molecule has 14 heavy (non-hydrogen) atoms. The second-order valence-electron chi connectivity index (χ2n) is 2.33. The van der Waals surface area contributed by atoms with Crippen LogP contribution in [0.4, 0.5) is 4.39 Å². The summed E-state index contributed by atoms with van der Waals surface area (Å²) in [6, 6.07) is 8.91. The van der Waals surface area contributed by atoms with Crippen LogP contribution < -0.4 is 0 Å². The smallest absolute Gasteiger partial charge is 0.221 e. The first-order chi connectivity index (χ1) is 6.74. The van der Waals surface area contributed by atoms with Crippen molar-refractivity contribution in [3.05, 3.63) is 58.3 Å². The molecular formula is C11H5ClFN. The largest absolute Gasteiger partial charge is 0.296 e. The first-order valence-corrected chi connectivity index (χ1v) is 4.11. The molecule has 0 unspecified atom stereocenters. The molecule has 0 amide bonds. The number of nitrogens with zero attached hydrogens (tertiary/aromatic N) is 1. The highest BCUT2D eigenvalue weighted by Crippen LogP contribution is 2.11. The minimum atomic E-state index is -0.898. The highest BCUT2D eigenvalue weighted by atomic mass is 35.5. The maximum Gasteiger partial charge on any atom is 0.296 e. The average molecular weight is 206 g/mol. The summed E-state index contributed by atoms with van der Waals surface area (Å²) in [6.45, 7) is 6.45. The molecule has 0 radical (unpaired) electrons. The molecule has 0 N–H and O–H groups in total. The van der Waals surface area contributed by atoms with Crippen LogP contribution in [0.3, 0.4) is 0 Å². The Kier molecular flexibility index (Phi) is 3.73. The fourth-order valence-electron chi connectivity index (χ4n) is 0.749. The molecule has 1 nitrogen and oxygen atoms in total. The summed E-state index contributed by atoms with van der Waals surface area (Å²) in [7, 11) is 0. The van der Waals surface area contributed by atoms with Crippen LogP contribution in [0.5, 0.6) is 0 Å². The maximum absolute atomic E-state index is 12.8. The Balaban J connectivity index is 2.91. The molecule has 68 valence electrons. The third-order valence-corrected chi connectivity index (χ3v) is 1.62. The first-order valence-electron chi connectivity index (χ1n) is 3.74. The molecule has 0 atom stereocenters. The standard InChI is InChI=1S/C11H5ClFN/c1-14-11(12)10(13)8-7-9-5-3-2-4-6-9/h2-6H/b11-10+. The molecular weight excluding hydrogens is 201 g/mol. The lowest BCUT2D eigenvalue weighted by Crippen LogP contribution is -1.73. The van der Waals surface area contributed by atoms with Crippen LogP contribution in [-0.2, 0) is 0 Å². The van der Waals surface area contributed by atoms with Crippen molar-refractivity contribution in [2.24, 2.45) is 0 Å². The zero-order valence-corrected chi connectivity index (χ0v) is 7.85. The van der Waals surface area contributed by atoms with Gasteiger partial charge in [-0.25, -0.2) is 9.24 Å². The van der Waals surface area contributed by atoms with Crippen molar-refractivity contribution in [1.82, 2.24) is 0 Å². The highest BCUT2D eigenvalue weighted by molar-refractivity contribution is 6.31.